The van der Waals surface area contributed by atoms with Crippen molar-refractivity contribution in [1.82, 2.24) is 14.8 Å². The number of nitrogens with zero attached hydrogens (tertiary/aromatic N) is 2. The highest BCUT2D eigenvalue weighted by Gasteiger charge is 2.14. The molecule has 0 radical (unpaired) electrons. The van der Waals surface area contributed by atoms with Gasteiger partial charge in [0.05, 0.1) is 5.39 Å². The first kappa shape index (κ1) is 9.45. The van der Waals surface area contributed by atoms with Crippen LogP contribution >= 0.6 is 0 Å². The molecule has 0 spiro atoms. The van der Waals surface area contributed by atoms with Crippen molar-refractivity contribution in [2.24, 2.45) is 0 Å². The molecule has 0 aromatic carbocycles. The second-order valence-corrected chi connectivity index (χ2v) is 3.34. The van der Waals surface area contributed by atoms with Gasteiger partial charge in [-0.25, -0.2) is 9.78 Å². The number of aryl methyl sites for hydroxylation is 2. The van der Waals surface area contributed by atoms with Crippen molar-refractivity contribution in [1.29, 1.82) is 0 Å². The Morgan fingerprint density at radius 2 is 2.20 bits per heavy atom. The number of aromatic amines is 1. The molecule has 0 aliphatic carbocycles. The summed E-state index contributed by atoms with van der Waals surface area (Å²) < 4.78 is 0.532. The topological polar surface area (TPSA) is 88.0 Å². The number of H-pyrrole nitrogens is 1. The molecule has 0 amide bonds. The molecule has 0 saturated heterocycles. The highest BCUT2D eigenvalue weighted by Crippen LogP contribution is 2.11. The second kappa shape index (κ2) is 2.94. The zero-order valence-electron chi connectivity index (χ0n) is 8.24. The summed E-state index contributed by atoms with van der Waals surface area (Å²) in [5.41, 5.74) is 1.18. The summed E-state index contributed by atoms with van der Waals surface area (Å²) in [5, 5.41) is 11.5. The van der Waals surface area contributed by atoms with Crippen molar-refractivity contribution in [3.05, 3.63) is 27.7 Å². The third-order valence-electron chi connectivity index (χ3n) is 2.17. The summed E-state index contributed by atoms with van der Waals surface area (Å²) in [4.78, 5) is 26.4. The van der Waals surface area contributed by atoms with Crippen LogP contribution in [-0.2, 0) is 0 Å². The predicted octanol–water partition coefficient (Wildman–Crippen LogP) is 0.868. The van der Waals surface area contributed by atoms with E-state index >= 15 is 0 Å². The van der Waals surface area contributed by atoms with Crippen LogP contribution in [0.15, 0.2) is 10.9 Å². The lowest BCUT2D eigenvalue weighted by Crippen LogP contribution is -2.23. The van der Waals surface area contributed by atoms with E-state index < -0.39 is 11.7 Å². The number of carbonyl (C=O) groups is 1. The van der Waals surface area contributed by atoms with Crippen LogP contribution in [-0.4, -0.2) is 26.0 Å². The number of carboxylic acid groups (broad SMARTS) is 1. The van der Waals surface area contributed by atoms with E-state index in [1.807, 2.05) is 0 Å². The molecule has 0 saturated carbocycles. The third kappa shape index (κ3) is 1.30. The van der Waals surface area contributed by atoms with Gasteiger partial charge in [0.2, 0.25) is 0 Å². The van der Waals surface area contributed by atoms with E-state index in [-0.39, 0.29) is 0 Å². The standard InChI is InChI=1S/C9H9N3O3/c1-4-3-5(2)10-7-6(4)8(13)12(11-7)9(14)15/h3H,1-2H3,(H,10,11)(H,14,15). The first-order valence-corrected chi connectivity index (χ1v) is 4.33. The maximum Gasteiger partial charge on any atom is 0.433 e. The number of rotatable bonds is 0. The van der Waals surface area contributed by atoms with Crippen molar-refractivity contribution in [2.45, 2.75) is 13.8 Å². The van der Waals surface area contributed by atoms with Gasteiger partial charge in [0.25, 0.3) is 5.56 Å². The molecule has 15 heavy (non-hydrogen) atoms. The number of nitrogens with one attached hydrogen (secondary N) is 1. The molecule has 2 N–H and O–H groups in total. The van der Waals surface area contributed by atoms with Gasteiger partial charge >= 0.3 is 6.09 Å². The molecule has 0 aliphatic heterocycles. The third-order valence-corrected chi connectivity index (χ3v) is 2.17. The van der Waals surface area contributed by atoms with Crippen LogP contribution in [0.25, 0.3) is 11.0 Å². The molecule has 2 rings (SSSR count). The molecule has 0 bridgehead atoms. The molecular weight excluding hydrogens is 198 g/mol. The van der Waals surface area contributed by atoms with E-state index in [1.165, 1.54) is 0 Å². The summed E-state index contributed by atoms with van der Waals surface area (Å²) in [5.74, 6) is 0. The van der Waals surface area contributed by atoms with Crippen LogP contribution in [0.1, 0.15) is 11.3 Å². The molecule has 2 aromatic rings. The Kier molecular flexibility index (Phi) is 1.85. The smallest absolute Gasteiger partial charge is 0.433 e. The van der Waals surface area contributed by atoms with E-state index in [2.05, 4.69) is 10.1 Å². The van der Waals surface area contributed by atoms with Gasteiger partial charge in [0, 0.05) is 5.69 Å². The maximum absolute atomic E-state index is 11.6. The van der Waals surface area contributed by atoms with Gasteiger partial charge in [-0.2, -0.15) is 0 Å². The van der Waals surface area contributed by atoms with Crippen LogP contribution in [0.5, 0.6) is 0 Å². The van der Waals surface area contributed by atoms with E-state index in [0.717, 1.165) is 11.3 Å². The van der Waals surface area contributed by atoms with Crippen LogP contribution in [0.3, 0.4) is 0 Å². The Morgan fingerprint density at radius 1 is 1.53 bits per heavy atom. The van der Waals surface area contributed by atoms with Crippen molar-refractivity contribution < 1.29 is 9.90 Å². The Labute approximate surface area is 84.2 Å². The quantitative estimate of drug-likeness (QED) is 0.670. The Balaban J connectivity index is 2.95. The fourth-order valence-corrected chi connectivity index (χ4v) is 1.59. The zero-order chi connectivity index (χ0) is 11.2. The molecule has 0 unspecified atom stereocenters. The summed E-state index contributed by atoms with van der Waals surface area (Å²) >= 11 is 0. The zero-order valence-corrected chi connectivity index (χ0v) is 8.24. The number of fused-ring (bicyclic) bond motifs is 1. The number of hydrogen-bond acceptors (Lipinski definition) is 3. The van der Waals surface area contributed by atoms with Gasteiger partial charge in [-0.1, -0.05) is 0 Å². The van der Waals surface area contributed by atoms with E-state index in [4.69, 9.17) is 5.11 Å². The van der Waals surface area contributed by atoms with Gasteiger partial charge in [-0.15, -0.1) is 4.68 Å². The Hall–Kier alpha value is -2.11. The van der Waals surface area contributed by atoms with E-state index in [9.17, 15) is 9.59 Å². The molecule has 6 nitrogen and oxygen atoms in total. The first-order chi connectivity index (χ1) is 7.00. The fourth-order valence-electron chi connectivity index (χ4n) is 1.59. The minimum atomic E-state index is -1.34. The molecule has 0 aliphatic rings. The van der Waals surface area contributed by atoms with Crippen molar-refractivity contribution >= 4 is 17.1 Å². The van der Waals surface area contributed by atoms with Crippen molar-refractivity contribution in [3.8, 4) is 0 Å². The van der Waals surface area contributed by atoms with Crippen molar-refractivity contribution in [2.75, 3.05) is 0 Å². The van der Waals surface area contributed by atoms with Crippen LogP contribution in [0, 0.1) is 13.8 Å². The van der Waals surface area contributed by atoms with Crippen molar-refractivity contribution in [3.63, 3.8) is 0 Å². The summed E-state index contributed by atoms with van der Waals surface area (Å²) in [6, 6.07) is 1.74. The van der Waals surface area contributed by atoms with Gasteiger partial charge in [0.15, 0.2) is 5.65 Å². The summed E-state index contributed by atoms with van der Waals surface area (Å²) in [6.45, 7) is 3.53. The lowest BCUT2D eigenvalue weighted by Gasteiger charge is -1.94. The minimum absolute atomic E-state index is 0.305. The molecule has 78 valence electrons. The highest BCUT2D eigenvalue weighted by atomic mass is 16.4. The Morgan fingerprint density at radius 3 is 2.80 bits per heavy atom. The monoisotopic (exact) mass is 207 g/mol. The SMILES string of the molecule is Cc1cc(C)c2c(=O)n(C(=O)O)[nH]c2n1. The first-order valence-electron chi connectivity index (χ1n) is 4.33. The van der Waals surface area contributed by atoms with Crippen LogP contribution < -0.4 is 5.56 Å². The second-order valence-electron chi connectivity index (χ2n) is 3.34. The van der Waals surface area contributed by atoms with Gasteiger partial charge < -0.3 is 5.11 Å². The normalized spacial score (nSPS) is 10.8. The number of hydrogen-bond donors (Lipinski definition) is 2. The van der Waals surface area contributed by atoms with Gasteiger partial charge in [-0.05, 0) is 25.5 Å². The van der Waals surface area contributed by atoms with E-state index in [1.54, 1.807) is 19.9 Å². The lowest BCUT2D eigenvalue weighted by molar-refractivity contribution is 0.192. The van der Waals surface area contributed by atoms with Gasteiger partial charge in [-0.3, -0.25) is 9.89 Å². The molecule has 2 heterocycles. The molecule has 6 heteroatoms. The number of aromatic nitrogens is 3. The summed E-state index contributed by atoms with van der Waals surface area (Å²) in [7, 11) is 0. The van der Waals surface area contributed by atoms with E-state index in [0.29, 0.717) is 15.7 Å². The molecule has 0 atom stereocenters. The average molecular weight is 207 g/mol. The molecule has 2 aromatic heterocycles. The predicted molar refractivity (Wildman–Crippen MR) is 53.3 cm³/mol. The Bertz CT molecular complexity index is 609. The lowest BCUT2D eigenvalue weighted by atomic mass is 10.2. The summed E-state index contributed by atoms with van der Waals surface area (Å²) in [6.07, 6.45) is -1.34. The maximum atomic E-state index is 11.6. The van der Waals surface area contributed by atoms with Crippen LogP contribution in [0.4, 0.5) is 4.79 Å². The highest BCUT2D eigenvalue weighted by molar-refractivity contribution is 5.81. The fraction of sp³-hybridized carbons (Fsp3) is 0.222. The molecular formula is C9H9N3O3. The average Bonchev–Trinajstić information content (AvgIpc) is 2.42. The largest absolute Gasteiger partial charge is 0.463 e. The van der Waals surface area contributed by atoms with Crippen LogP contribution in [0.2, 0.25) is 0 Å². The minimum Gasteiger partial charge on any atom is -0.463 e. The molecule has 0 fully saturated rings. The number of pyridine rings is 1. The van der Waals surface area contributed by atoms with Gasteiger partial charge in [0.1, 0.15) is 0 Å².